The Balaban J connectivity index is 1.49. The van der Waals surface area contributed by atoms with E-state index in [1.54, 1.807) is 11.8 Å². The molecular formula is C21H18N2O4. The molecule has 0 aliphatic carbocycles. The maximum Gasteiger partial charge on any atom is 0.264 e. The Bertz CT molecular complexity index is 1050. The summed E-state index contributed by atoms with van der Waals surface area (Å²) in [5.74, 6) is 1.92. The van der Waals surface area contributed by atoms with Gasteiger partial charge in [0.15, 0.2) is 17.6 Å². The van der Waals surface area contributed by atoms with Crippen molar-refractivity contribution in [2.24, 2.45) is 0 Å². The average Bonchev–Trinajstić information content (AvgIpc) is 3.11. The molecule has 1 aromatic heterocycles. The molecule has 0 N–H and O–H groups in total. The summed E-state index contributed by atoms with van der Waals surface area (Å²) in [6, 6.07) is 15.7. The fourth-order valence-electron chi connectivity index (χ4n) is 3.51. The quantitative estimate of drug-likeness (QED) is 0.700. The summed E-state index contributed by atoms with van der Waals surface area (Å²) in [5, 5.41) is 1.03. The van der Waals surface area contributed by atoms with Crippen LogP contribution in [0.15, 0.2) is 48.5 Å². The van der Waals surface area contributed by atoms with Crippen LogP contribution in [0.5, 0.6) is 17.4 Å². The number of hydrogen-bond acceptors (Lipinski definition) is 5. The fraction of sp³-hybridized carbons (Fsp3) is 0.238. The van der Waals surface area contributed by atoms with Crippen LogP contribution in [0, 0.1) is 0 Å². The summed E-state index contributed by atoms with van der Waals surface area (Å²) >= 11 is 0. The molecule has 0 saturated carbocycles. The first kappa shape index (κ1) is 15.9. The smallest absolute Gasteiger partial charge is 0.264 e. The third-order valence-corrected chi connectivity index (χ3v) is 4.88. The summed E-state index contributed by atoms with van der Waals surface area (Å²) in [5.41, 5.74) is 2.75. The summed E-state index contributed by atoms with van der Waals surface area (Å²) in [4.78, 5) is 19.3. The van der Waals surface area contributed by atoms with E-state index >= 15 is 0 Å². The first-order chi connectivity index (χ1) is 13.2. The van der Waals surface area contributed by atoms with Crippen LogP contribution in [-0.2, 0) is 17.9 Å². The molecule has 2 aliphatic heterocycles. The summed E-state index contributed by atoms with van der Waals surface area (Å²) < 4.78 is 16.7. The third kappa shape index (κ3) is 2.83. The van der Waals surface area contributed by atoms with Gasteiger partial charge in [-0.05, 0) is 36.8 Å². The number of ether oxygens (including phenoxy) is 3. The Labute approximate surface area is 156 Å². The number of benzene rings is 2. The maximum atomic E-state index is 12.9. The van der Waals surface area contributed by atoms with Gasteiger partial charge in [0.2, 0.25) is 12.7 Å². The Morgan fingerprint density at radius 3 is 2.89 bits per heavy atom. The van der Waals surface area contributed by atoms with Crippen molar-refractivity contribution in [3.63, 3.8) is 0 Å². The second-order valence-corrected chi connectivity index (χ2v) is 6.79. The molecule has 0 radical (unpaired) electrons. The number of aromatic nitrogens is 1. The largest absolute Gasteiger partial charge is 0.464 e. The number of para-hydroxylation sites is 1. The molecule has 2 aromatic carbocycles. The molecule has 3 aromatic rings. The average molecular weight is 362 g/mol. The van der Waals surface area contributed by atoms with Crippen LogP contribution in [0.1, 0.15) is 18.1 Å². The lowest BCUT2D eigenvalue weighted by Crippen LogP contribution is -2.37. The van der Waals surface area contributed by atoms with E-state index in [1.165, 1.54) is 0 Å². The van der Waals surface area contributed by atoms with E-state index in [0.29, 0.717) is 24.7 Å². The highest BCUT2D eigenvalue weighted by atomic mass is 16.7. The molecule has 6 heteroatoms. The lowest BCUT2D eigenvalue weighted by atomic mass is 10.1. The van der Waals surface area contributed by atoms with E-state index in [4.69, 9.17) is 14.2 Å². The summed E-state index contributed by atoms with van der Waals surface area (Å²) in [7, 11) is 0. The molecule has 0 saturated heterocycles. The SMILES string of the molecule is CC1Oc2nc3ccccc3cc2CN(Cc2ccc3c(c2)OCO3)C1=O. The Morgan fingerprint density at radius 2 is 1.96 bits per heavy atom. The molecule has 1 atom stereocenters. The highest BCUT2D eigenvalue weighted by molar-refractivity contribution is 5.83. The van der Waals surface area contributed by atoms with E-state index in [0.717, 1.165) is 27.8 Å². The fourth-order valence-corrected chi connectivity index (χ4v) is 3.51. The van der Waals surface area contributed by atoms with E-state index in [-0.39, 0.29) is 12.7 Å². The van der Waals surface area contributed by atoms with Gasteiger partial charge in [0.05, 0.1) is 12.1 Å². The number of hydrogen-bond donors (Lipinski definition) is 0. The topological polar surface area (TPSA) is 60.9 Å². The molecule has 136 valence electrons. The first-order valence-corrected chi connectivity index (χ1v) is 8.90. The van der Waals surface area contributed by atoms with E-state index in [1.807, 2.05) is 42.5 Å². The predicted octanol–water partition coefficient (Wildman–Crippen LogP) is 3.27. The Morgan fingerprint density at radius 1 is 1.11 bits per heavy atom. The molecule has 0 fully saturated rings. The number of rotatable bonds is 2. The number of fused-ring (bicyclic) bond motifs is 3. The van der Waals surface area contributed by atoms with Crippen molar-refractivity contribution >= 4 is 16.8 Å². The maximum absolute atomic E-state index is 12.9. The Hall–Kier alpha value is -3.28. The second-order valence-electron chi connectivity index (χ2n) is 6.79. The van der Waals surface area contributed by atoms with Gasteiger partial charge in [-0.1, -0.05) is 24.3 Å². The summed E-state index contributed by atoms with van der Waals surface area (Å²) in [6.45, 7) is 2.92. The number of nitrogens with zero attached hydrogens (tertiary/aromatic N) is 2. The van der Waals surface area contributed by atoms with Gasteiger partial charge in [-0.25, -0.2) is 4.98 Å². The summed E-state index contributed by atoms with van der Waals surface area (Å²) in [6.07, 6.45) is -0.589. The minimum absolute atomic E-state index is 0.0604. The van der Waals surface area contributed by atoms with Crippen molar-refractivity contribution in [2.45, 2.75) is 26.1 Å². The third-order valence-electron chi connectivity index (χ3n) is 4.88. The van der Waals surface area contributed by atoms with Crippen LogP contribution in [0.25, 0.3) is 10.9 Å². The van der Waals surface area contributed by atoms with Crippen molar-refractivity contribution in [1.29, 1.82) is 0 Å². The van der Waals surface area contributed by atoms with Gasteiger partial charge in [-0.2, -0.15) is 0 Å². The van der Waals surface area contributed by atoms with Gasteiger partial charge in [0.1, 0.15) is 0 Å². The molecule has 5 rings (SSSR count). The van der Waals surface area contributed by atoms with Crippen LogP contribution in [-0.4, -0.2) is 28.7 Å². The molecular weight excluding hydrogens is 344 g/mol. The van der Waals surface area contributed by atoms with Crippen LogP contribution in [0.4, 0.5) is 0 Å². The molecule has 3 heterocycles. The zero-order valence-electron chi connectivity index (χ0n) is 14.8. The number of pyridine rings is 1. The predicted molar refractivity (Wildman–Crippen MR) is 98.7 cm³/mol. The van der Waals surface area contributed by atoms with Crippen LogP contribution < -0.4 is 14.2 Å². The molecule has 0 bridgehead atoms. The van der Waals surface area contributed by atoms with Gasteiger partial charge < -0.3 is 19.1 Å². The molecule has 0 spiro atoms. The highest BCUT2D eigenvalue weighted by Gasteiger charge is 2.29. The number of amides is 1. The van der Waals surface area contributed by atoms with Gasteiger partial charge in [0, 0.05) is 17.5 Å². The van der Waals surface area contributed by atoms with Crippen molar-refractivity contribution < 1.29 is 19.0 Å². The molecule has 1 amide bonds. The van der Waals surface area contributed by atoms with Crippen LogP contribution in [0.3, 0.4) is 0 Å². The zero-order chi connectivity index (χ0) is 18.4. The second kappa shape index (κ2) is 6.16. The normalized spacial score (nSPS) is 18.2. The molecule has 2 aliphatic rings. The van der Waals surface area contributed by atoms with E-state index < -0.39 is 6.10 Å². The Kier molecular flexibility index (Phi) is 3.63. The van der Waals surface area contributed by atoms with Gasteiger partial charge in [-0.15, -0.1) is 0 Å². The van der Waals surface area contributed by atoms with Crippen molar-refractivity contribution in [3.8, 4) is 17.4 Å². The minimum atomic E-state index is -0.589. The highest BCUT2D eigenvalue weighted by Crippen LogP contribution is 2.34. The van der Waals surface area contributed by atoms with Crippen molar-refractivity contribution in [3.05, 3.63) is 59.7 Å². The molecule has 27 heavy (non-hydrogen) atoms. The van der Waals surface area contributed by atoms with Crippen LogP contribution in [0.2, 0.25) is 0 Å². The van der Waals surface area contributed by atoms with Crippen molar-refractivity contribution in [1.82, 2.24) is 9.88 Å². The first-order valence-electron chi connectivity index (χ1n) is 8.90. The molecule has 6 nitrogen and oxygen atoms in total. The van der Waals surface area contributed by atoms with Crippen LogP contribution >= 0.6 is 0 Å². The standard InChI is InChI=1S/C21H18N2O4/c1-13-21(24)23(10-14-6-7-18-19(8-14)26-12-25-18)11-16-9-15-4-2-3-5-17(15)22-20(16)27-13/h2-9,13H,10-12H2,1H3. The number of carbonyl (C=O) groups excluding carboxylic acids is 1. The van der Waals surface area contributed by atoms with E-state index in [9.17, 15) is 4.79 Å². The molecule has 1 unspecified atom stereocenters. The lowest BCUT2D eigenvalue weighted by molar-refractivity contribution is -0.138. The monoisotopic (exact) mass is 362 g/mol. The minimum Gasteiger partial charge on any atom is -0.464 e. The lowest BCUT2D eigenvalue weighted by Gasteiger charge is -2.22. The van der Waals surface area contributed by atoms with Crippen molar-refractivity contribution in [2.75, 3.05) is 6.79 Å². The number of carbonyl (C=O) groups is 1. The van der Waals surface area contributed by atoms with Gasteiger partial charge in [0.25, 0.3) is 5.91 Å². The van der Waals surface area contributed by atoms with Gasteiger partial charge in [-0.3, -0.25) is 4.79 Å². The van der Waals surface area contributed by atoms with E-state index in [2.05, 4.69) is 11.1 Å². The van der Waals surface area contributed by atoms with Gasteiger partial charge >= 0.3 is 0 Å². The zero-order valence-corrected chi connectivity index (χ0v) is 14.8.